The quantitative estimate of drug-likeness (QED) is 0.508. The molecule has 9 heavy (non-hydrogen) atoms. The first kappa shape index (κ1) is 5.69. The number of hydrogen-bond acceptors (Lipinski definition) is 2. The van der Waals surface area contributed by atoms with Crippen LogP contribution >= 0.6 is 0 Å². The summed E-state index contributed by atoms with van der Waals surface area (Å²) in [6, 6.07) is 0. The first-order valence-electron chi connectivity index (χ1n) is 3.86. The van der Waals surface area contributed by atoms with Gasteiger partial charge in [0, 0.05) is 0 Å². The SMILES string of the molecule is NC1CC2CCN1CC2. The average molecular weight is 126 g/mol. The minimum atomic E-state index is 0.400. The summed E-state index contributed by atoms with van der Waals surface area (Å²) in [5.74, 6) is 0.963. The van der Waals surface area contributed by atoms with Crippen molar-refractivity contribution >= 4 is 0 Å². The fraction of sp³-hybridized carbons (Fsp3) is 1.00. The molecule has 2 bridgehead atoms. The van der Waals surface area contributed by atoms with Crippen molar-refractivity contribution in [2.45, 2.75) is 25.4 Å². The number of nitrogens with zero attached hydrogens (tertiary/aromatic N) is 1. The summed E-state index contributed by atoms with van der Waals surface area (Å²) in [7, 11) is 0. The van der Waals surface area contributed by atoms with Crippen molar-refractivity contribution in [2.75, 3.05) is 13.1 Å². The van der Waals surface area contributed by atoms with E-state index in [9.17, 15) is 0 Å². The molecule has 3 aliphatic rings. The van der Waals surface area contributed by atoms with Crippen LogP contribution in [0.5, 0.6) is 0 Å². The molecule has 0 aromatic rings. The molecule has 3 saturated heterocycles. The summed E-state index contributed by atoms with van der Waals surface area (Å²) in [6.45, 7) is 2.51. The third kappa shape index (κ3) is 0.864. The van der Waals surface area contributed by atoms with Gasteiger partial charge in [-0.15, -0.1) is 0 Å². The number of rotatable bonds is 0. The van der Waals surface area contributed by atoms with Gasteiger partial charge in [-0.25, -0.2) is 0 Å². The molecule has 3 fully saturated rings. The van der Waals surface area contributed by atoms with Gasteiger partial charge >= 0.3 is 0 Å². The number of hydrogen-bond donors (Lipinski definition) is 1. The summed E-state index contributed by atoms with van der Waals surface area (Å²) in [4.78, 5) is 2.40. The van der Waals surface area contributed by atoms with E-state index in [4.69, 9.17) is 5.73 Å². The summed E-state index contributed by atoms with van der Waals surface area (Å²) in [5.41, 5.74) is 5.85. The van der Waals surface area contributed by atoms with Crippen LogP contribution in [0.3, 0.4) is 0 Å². The largest absolute Gasteiger partial charge is 0.316 e. The van der Waals surface area contributed by atoms with E-state index in [0.717, 1.165) is 5.92 Å². The van der Waals surface area contributed by atoms with Gasteiger partial charge in [0.25, 0.3) is 0 Å². The Labute approximate surface area is 56.0 Å². The Bertz CT molecular complexity index is 105. The molecule has 1 atom stereocenters. The lowest BCUT2D eigenvalue weighted by Gasteiger charge is -2.43. The van der Waals surface area contributed by atoms with Crippen LogP contribution in [-0.2, 0) is 0 Å². The second kappa shape index (κ2) is 1.96. The maximum absolute atomic E-state index is 5.85. The Morgan fingerprint density at radius 1 is 1.22 bits per heavy atom. The van der Waals surface area contributed by atoms with Gasteiger partial charge in [0.15, 0.2) is 0 Å². The first-order valence-corrected chi connectivity index (χ1v) is 3.86. The normalized spacial score (nSPS) is 49.7. The molecule has 0 aromatic carbocycles. The van der Waals surface area contributed by atoms with E-state index < -0.39 is 0 Å². The van der Waals surface area contributed by atoms with E-state index >= 15 is 0 Å². The molecule has 1 unspecified atom stereocenters. The smallest absolute Gasteiger partial charge is 0.0574 e. The van der Waals surface area contributed by atoms with Gasteiger partial charge in [0.1, 0.15) is 0 Å². The molecule has 3 aliphatic heterocycles. The van der Waals surface area contributed by atoms with Crippen LogP contribution in [0.25, 0.3) is 0 Å². The van der Waals surface area contributed by atoms with Crippen LogP contribution < -0.4 is 5.73 Å². The van der Waals surface area contributed by atoms with E-state index in [-0.39, 0.29) is 0 Å². The van der Waals surface area contributed by atoms with Gasteiger partial charge in [-0.05, 0) is 38.3 Å². The summed E-state index contributed by atoms with van der Waals surface area (Å²) < 4.78 is 0. The Morgan fingerprint density at radius 3 is 2.11 bits per heavy atom. The zero-order valence-corrected chi connectivity index (χ0v) is 5.71. The number of nitrogens with two attached hydrogens (primary N) is 1. The van der Waals surface area contributed by atoms with Crippen molar-refractivity contribution in [3.05, 3.63) is 0 Å². The highest BCUT2D eigenvalue weighted by atomic mass is 15.2. The molecule has 3 heterocycles. The van der Waals surface area contributed by atoms with Crippen LogP contribution in [0.2, 0.25) is 0 Å². The maximum Gasteiger partial charge on any atom is 0.0574 e. The fourth-order valence-corrected chi connectivity index (χ4v) is 2.01. The van der Waals surface area contributed by atoms with E-state index in [1.54, 1.807) is 0 Å². The van der Waals surface area contributed by atoms with E-state index in [1.807, 2.05) is 0 Å². The maximum atomic E-state index is 5.85. The number of fused-ring (bicyclic) bond motifs is 3. The second-order valence-corrected chi connectivity index (χ2v) is 3.28. The molecular weight excluding hydrogens is 112 g/mol. The highest BCUT2D eigenvalue weighted by Crippen LogP contribution is 2.29. The Hall–Kier alpha value is -0.0800. The Balaban J connectivity index is 2.06. The minimum absolute atomic E-state index is 0.400. The molecule has 0 aliphatic carbocycles. The van der Waals surface area contributed by atoms with Gasteiger partial charge in [-0.3, -0.25) is 4.90 Å². The van der Waals surface area contributed by atoms with Gasteiger partial charge in [-0.1, -0.05) is 0 Å². The van der Waals surface area contributed by atoms with Crippen LogP contribution in [-0.4, -0.2) is 24.2 Å². The van der Waals surface area contributed by atoms with Crippen molar-refractivity contribution in [2.24, 2.45) is 11.7 Å². The monoisotopic (exact) mass is 126 g/mol. The molecule has 0 spiro atoms. The molecule has 0 aromatic heterocycles. The van der Waals surface area contributed by atoms with Gasteiger partial charge in [0.05, 0.1) is 6.17 Å². The minimum Gasteiger partial charge on any atom is -0.316 e. The Morgan fingerprint density at radius 2 is 1.89 bits per heavy atom. The molecule has 3 rings (SSSR count). The van der Waals surface area contributed by atoms with E-state index in [1.165, 1.54) is 32.4 Å². The third-order valence-corrected chi connectivity index (χ3v) is 2.69. The van der Waals surface area contributed by atoms with Crippen LogP contribution in [0, 0.1) is 5.92 Å². The van der Waals surface area contributed by atoms with Crippen molar-refractivity contribution < 1.29 is 0 Å². The van der Waals surface area contributed by atoms with Gasteiger partial charge in [0.2, 0.25) is 0 Å². The molecule has 0 radical (unpaired) electrons. The predicted molar refractivity (Wildman–Crippen MR) is 36.9 cm³/mol. The van der Waals surface area contributed by atoms with Crippen molar-refractivity contribution in [1.29, 1.82) is 0 Å². The van der Waals surface area contributed by atoms with Crippen LogP contribution in [0.4, 0.5) is 0 Å². The topological polar surface area (TPSA) is 29.3 Å². The highest BCUT2D eigenvalue weighted by Gasteiger charge is 2.30. The molecule has 0 amide bonds. The summed E-state index contributed by atoms with van der Waals surface area (Å²) in [6.07, 6.45) is 4.44. The van der Waals surface area contributed by atoms with Crippen molar-refractivity contribution in [3.8, 4) is 0 Å². The van der Waals surface area contributed by atoms with Gasteiger partial charge in [-0.2, -0.15) is 0 Å². The van der Waals surface area contributed by atoms with E-state index in [2.05, 4.69) is 4.90 Å². The third-order valence-electron chi connectivity index (χ3n) is 2.69. The second-order valence-electron chi connectivity index (χ2n) is 3.28. The average Bonchev–Trinajstić information content (AvgIpc) is 1.90. The van der Waals surface area contributed by atoms with Crippen molar-refractivity contribution in [1.82, 2.24) is 4.90 Å². The zero-order valence-electron chi connectivity index (χ0n) is 5.71. The van der Waals surface area contributed by atoms with E-state index in [0.29, 0.717) is 6.17 Å². The first-order chi connectivity index (χ1) is 4.36. The van der Waals surface area contributed by atoms with Gasteiger partial charge < -0.3 is 5.73 Å². The molecule has 2 heteroatoms. The van der Waals surface area contributed by atoms with Crippen LogP contribution in [0.1, 0.15) is 19.3 Å². The Kier molecular flexibility index (Phi) is 1.24. The molecule has 0 saturated carbocycles. The molecule has 2 N–H and O–H groups in total. The summed E-state index contributed by atoms with van der Waals surface area (Å²) >= 11 is 0. The number of piperidine rings is 3. The predicted octanol–water partition coefficient (Wildman–Crippen LogP) is 0.387. The standard InChI is InChI=1S/C7H14N2/c8-7-5-6-1-3-9(7)4-2-6/h6-7H,1-5,8H2. The van der Waals surface area contributed by atoms with Crippen LogP contribution in [0.15, 0.2) is 0 Å². The lowest BCUT2D eigenvalue weighted by Crippen LogP contribution is -2.52. The van der Waals surface area contributed by atoms with Crippen molar-refractivity contribution in [3.63, 3.8) is 0 Å². The highest BCUT2D eigenvalue weighted by molar-refractivity contribution is 4.84. The molecule has 52 valence electrons. The molecule has 2 nitrogen and oxygen atoms in total. The zero-order chi connectivity index (χ0) is 6.27. The fourth-order valence-electron chi connectivity index (χ4n) is 2.01. The summed E-state index contributed by atoms with van der Waals surface area (Å²) in [5, 5.41) is 0. The lowest BCUT2D eigenvalue weighted by atomic mass is 9.87. The molecular formula is C7H14N2. The lowest BCUT2D eigenvalue weighted by molar-refractivity contribution is 0.0531.